The number of ketones is 1. The number of carbonyl (C=O) groups is 1. The van der Waals surface area contributed by atoms with Gasteiger partial charge in [-0.1, -0.05) is 11.6 Å². The molecule has 0 fully saturated rings. The fourth-order valence-electron chi connectivity index (χ4n) is 1.38. The van der Waals surface area contributed by atoms with Gasteiger partial charge in [0.1, 0.15) is 5.01 Å². The van der Waals surface area contributed by atoms with Crippen molar-refractivity contribution in [1.29, 1.82) is 5.26 Å². The van der Waals surface area contributed by atoms with Crippen molar-refractivity contribution in [3.8, 4) is 6.07 Å². The Labute approximate surface area is 112 Å². The van der Waals surface area contributed by atoms with Crippen molar-refractivity contribution >= 4 is 50.5 Å². The van der Waals surface area contributed by atoms with Gasteiger partial charge in [-0.05, 0) is 18.2 Å². The summed E-state index contributed by atoms with van der Waals surface area (Å²) < 4.78 is 0.895. The van der Waals surface area contributed by atoms with Gasteiger partial charge < -0.3 is 0 Å². The van der Waals surface area contributed by atoms with E-state index in [0.717, 1.165) is 4.70 Å². The number of hydrogen-bond donors (Lipinski definition) is 0. The third-order valence-corrected chi connectivity index (χ3v) is 3.80. The summed E-state index contributed by atoms with van der Waals surface area (Å²) in [4.78, 5) is 15.7. The largest absolute Gasteiger partial charge is 0.296 e. The topological polar surface area (TPSA) is 53.8 Å². The first-order valence-electron chi connectivity index (χ1n) is 4.70. The van der Waals surface area contributed by atoms with Gasteiger partial charge in [-0.25, -0.2) is 4.98 Å². The molecule has 0 radical (unpaired) electrons. The van der Waals surface area contributed by atoms with Crippen molar-refractivity contribution in [2.24, 2.45) is 0 Å². The lowest BCUT2D eigenvalue weighted by molar-refractivity contribution is -0.117. The molecular formula is C11H6Cl2N2OS. The molecule has 6 heteroatoms. The molecule has 0 spiro atoms. The highest BCUT2D eigenvalue weighted by molar-refractivity contribution is 7.18. The molecule has 1 unspecified atom stereocenters. The number of thiazole rings is 1. The molecule has 0 bridgehead atoms. The second-order valence-corrected chi connectivity index (χ2v) is 5.09. The monoisotopic (exact) mass is 284 g/mol. The van der Waals surface area contributed by atoms with Gasteiger partial charge in [0.15, 0.2) is 11.7 Å². The quantitative estimate of drug-likeness (QED) is 0.812. The van der Waals surface area contributed by atoms with Crippen LogP contribution >= 0.6 is 34.5 Å². The Bertz CT molecular complexity index is 617. The summed E-state index contributed by atoms with van der Waals surface area (Å²) in [5, 5.41) is 10.0. The lowest BCUT2D eigenvalue weighted by Gasteiger charge is -1.99. The molecule has 1 atom stereocenters. The normalized spacial score (nSPS) is 12.3. The third-order valence-electron chi connectivity index (χ3n) is 2.20. The van der Waals surface area contributed by atoms with Gasteiger partial charge in [-0.3, -0.25) is 4.79 Å². The van der Waals surface area contributed by atoms with Crippen molar-refractivity contribution in [2.45, 2.75) is 5.92 Å². The van der Waals surface area contributed by atoms with E-state index < -0.39 is 5.92 Å². The standard InChI is InChI=1S/C11H6Cl2N2OS/c12-4-9(16)7(5-14)11-15-8-3-6(13)1-2-10(8)17-11/h1-3,7H,4H2. The maximum atomic E-state index is 11.5. The zero-order valence-corrected chi connectivity index (χ0v) is 10.8. The smallest absolute Gasteiger partial charge is 0.171 e. The molecule has 2 rings (SSSR count). The summed E-state index contributed by atoms with van der Waals surface area (Å²) in [7, 11) is 0. The van der Waals surface area contributed by atoms with Crippen molar-refractivity contribution < 1.29 is 4.79 Å². The molecular weight excluding hydrogens is 279 g/mol. The third kappa shape index (κ3) is 2.42. The zero-order chi connectivity index (χ0) is 12.4. The van der Waals surface area contributed by atoms with Gasteiger partial charge in [0.05, 0.1) is 22.2 Å². The van der Waals surface area contributed by atoms with Crippen molar-refractivity contribution in [2.75, 3.05) is 5.88 Å². The SMILES string of the molecule is N#CC(C(=O)CCl)c1nc2cc(Cl)ccc2s1. The molecule has 0 amide bonds. The molecule has 0 saturated carbocycles. The number of benzene rings is 1. The molecule has 1 aromatic heterocycles. The number of fused-ring (bicyclic) bond motifs is 1. The minimum Gasteiger partial charge on any atom is -0.296 e. The number of carbonyl (C=O) groups excluding carboxylic acids is 1. The average Bonchev–Trinajstić information content (AvgIpc) is 2.72. The summed E-state index contributed by atoms with van der Waals surface area (Å²) in [5.74, 6) is -1.41. The molecule has 0 aliphatic rings. The Balaban J connectivity index is 2.49. The molecule has 2 aromatic rings. The van der Waals surface area contributed by atoms with Crippen LogP contribution in [-0.4, -0.2) is 16.6 Å². The van der Waals surface area contributed by atoms with Crippen molar-refractivity contribution in [1.82, 2.24) is 4.98 Å². The number of rotatable bonds is 3. The fraction of sp³-hybridized carbons (Fsp3) is 0.182. The first-order valence-corrected chi connectivity index (χ1v) is 6.43. The summed E-state index contributed by atoms with van der Waals surface area (Å²) in [6.45, 7) is 0. The number of hydrogen-bond acceptors (Lipinski definition) is 4. The first kappa shape index (κ1) is 12.3. The van der Waals surface area contributed by atoms with Crippen LogP contribution in [0.2, 0.25) is 5.02 Å². The molecule has 17 heavy (non-hydrogen) atoms. The van der Waals surface area contributed by atoms with E-state index in [1.165, 1.54) is 11.3 Å². The number of alkyl halides is 1. The summed E-state index contributed by atoms with van der Waals surface area (Å²) >= 11 is 12.6. The molecule has 0 aliphatic heterocycles. The number of nitrogens with zero attached hydrogens (tertiary/aromatic N) is 2. The van der Waals surface area contributed by atoms with Crippen molar-refractivity contribution in [3.05, 3.63) is 28.2 Å². The summed E-state index contributed by atoms with van der Waals surface area (Å²) in [5.41, 5.74) is 0.695. The number of nitriles is 1. The van der Waals surface area contributed by atoms with Crippen LogP contribution < -0.4 is 0 Å². The van der Waals surface area contributed by atoms with Gasteiger partial charge in [-0.2, -0.15) is 5.26 Å². The van der Waals surface area contributed by atoms with Crippen LogP contribution in [0.25, 0.3) is 10.2 Å². The van der Waals surface area contributed by atoms with Crippen LogP contribution in [0.5, 0.6) is 0 Å². The summed E-state index contributed by atoms with van der Waals surface area (Å²) in [6, 6.07) is 7.19. The minimum absolute atomic E-state index is 0.186. The second-order valence-electron chi connectivity index (χ2n) is 3.33. The second kappa shape index (κ2) is 5.01. The molecule has 86 valence electrons. The lowest BCUT2D eigenvalue weighted by atomic mass is 10.1. The molecule has 0 N–H and O–H groups in total. The molecule has 3 nitrogen and oxygen atoms in total. The van der Waals surface area contributed by atoms with Gasteiger partial charge in [0.2, 0.25) is 0 Å². The van der Waals surface area contributed by atoms with Crippen LogP contribution in [0.4, 0.5) is 0 Å². The van der Waals surface area contributed by atoms with E-state index in [1.807, 2.05) is 12.1 Å². The molecule has 0 saturated heterocycles. The number of halogens is 2. The minimum atomic E-state index is -0.885. The number of Topliss-reactive ketones (excluding diaryl/α,β-unsaturated/α-hetero) is 1. The number of aromatic nitrogens is 1. The van der Waals surface area contributed by atoms with Crippen LogP contribution in [-0.2, 0) is 4.79 Å². The molecule has 0 aliphatic carbocycles. The Morgan fingerprint density at radius 2 is 2.35 bits per heavy atom. The van der Waals surface area contributed by atoms with E-state index in [-0.39, 0.29) is 11.7 Å². The van der Waals surface area contributed by atoms with E-state index in [2.05, 4.69) is 4.98 Å². The van der Waals surface area contributed by atoms with Crippen LogP contribution in [0.3, 0.4) is 0 Å². The predicted octanol–water partition coefficient (Wildman–Crippen LogP) is 3.36. The zero-order valence-electron chi connectivity index (χ0n) is 8.48. The Kier molecular flexibility index (Phi) is 3.63. The van der Waals surface area contributed by atoms with Gasteiger partial charge >= 0.3 is 0 Å². The highest BCUT2D eigenvalue weighted by atomic mass is 35.5. The van der Waals surface area contributed by atoms with Gasteiger partial charge in [0, 0.05) is 5.02 Å². The average molecular weight is 285 g/mol. The maximum Gasteiger partial charge on any atom is 0.171 e. The van der Waals surface area contributed by atoms with E-state index in [1.54, 1.807) is 12.1 Å². The summed E-state index contributed by atoms with van der Waals surface area (Å²) in [6.07, 6.45) is 0. The Morgan fingerprint density at radius 3 is 3.00 bits per heavy atom. The first-order chi connectivity index (χ1) is 8.15. The van der Waals surface area contributed by atoms with Gasteiger partial charge in [-0.15, -0.1) is 22.9 Å². The highest BCUT2D eigenvalue weighted by Gasteiger charge is 2.23. The maximum absolute atomic E-state index is 11.5. The van der Waals surface area contributed by atoms with Crippen molar-refractivity contribution in [3.63, 3.8) is 0 Å². The Hall–Kier alpha value is -1.15. The van der Waals surface area contributed by atoms with E-state index in [4.69, 9.17) is 28.5 Å². The van der Waals surface area contributed by atoms with E-state index >= 15 is 0 Å². The Morgan fingerprint density at radius 1 is 1.59 bits per heavy atom. The lowest BCUT2D eigenvalue weighted by Crippen LogP contribution is -2.11. The fourth-order valence-corrected chi connectivity index (χ4v) is 2.72. The van der Waals surface area contributed by atoms with E-state index in [0.29, 0.717) is 15.5 Å². The van der Waals surface area contributed by atoms with Crippen LogP contribution in [0.15, 0.2) is 18.2 Å². The molecule has 1 aromatic carbocycles. The van der Waals surface area contributed by atoms with Gasteiger partial charge in [0.25, 0.3) is 0 Å². The van der Waals surface area contributed by atoms with Crippen LogP contribution in [0, 0.1) is 11.3 Å². The van der Waals surface area contributed by atoms with Crippen LogP contribution in [0.1, 0.15) is 10.9 Å². The van der Waals surface area contributed by atoms with E-state index in [9.17, 15) is 4.79 Å². The molecule has 1 heterocycles. The predicted molar refractivity (Wildman–Crippen MR) is 68.7 cm³/mol. The highest BCUT2D eigenvalue weighted by Crippen LogP contribution is 2.29.